The average Bonchev–Trinajstić information content (AvgIpc) is 1.80. The minimum Gasteiger partial charge on any atom is -0.357 e. The lowest BCUT2D eigenvalue weighted by atomic mass is 10.8. The lowest BCUT2D eigenvalue weighted by molar-refractivity contribution is 0.124. The highest BCUT2D eigenvalue weighted by molar-refractivity contribution is 6.70. The second-order valence-electron chi connectivity index (χ2n) is 1.42. The van der Waals surface area contributed by atoms with Crippen LogP contribution in [0.3, 0.4) is 0 Å². The molecule has 0 rings (SSSR count). The molecule has 0 aliphatic rings. The van der Waals surface area contributed by atoms with Crippen molar-refractivity contribution in [2.24, 2.45) is 0 Å². The molecular weight excluding hydrogens is 241 g/mol. The molecule has 0 N–H and O–H groups in total. The smallest absolute Gasteiger partial charge is 0.230 e. The topological polar surface area (TPSA) is 9.23 Å². The fraction of sp³-hybridized carbons (Fsp3) is 1.00. The van der Waals surface area contributed by atoms with E-state index in [1.54, 1.807) is 0 Å². The zero-order valence-corrected chi connectivity index (χ0v) is 8.57. The van der Waals surface area contributed by atoms with Crippen molar-refractivity contribution in [1.29, 1.82) is 0 Å². The molecule has 0 saturated carbocycles. The average molecular weight is 246 g/mol. The van der Waals surface area contributed by atoms with E-state index in [4.69, 9.17) is 62.7 Å². The Morgan fingerprint density at radius 1 is 1.30 bits per heavy atom. The van der Waals surface area contributed by atoms with Crippen molar-refractivity contribution in [3.05, 3.63) is 0 Å². The van der Waals surface area contributed by atoms with Gasteiger partial charge in [0.05, 0.1) is 6.61 Å². The van der Waals surface area contributed by atoms with Gasteiger partial charge in [-0.15, -0.1) is 11.6 Å². The first-order valence-corrected chi connectivity index (χ1v) is 4.47. The molecule has 0 aromatic carbocycles. The van der Waals surface area contributed by atoms with Gasteiger partial charge in [-0.05, 0) is 0 Å². The minimum absolute atomic E-state index is 0.267. The van der Waals surface area contributed by atoms with Crippen LogP contribution < -0.4 is 0 Å². The molecule has 0 aromatic rings. The maximum absolute atomic E-state index is 5.46. The number of rotatable bonds is 3. The highest BCUT2D eigenvalue weighted by atomic mass is 35.6. The van der Waals surface area contributed by atoms with Crippen molar-refractivity contribution < 1.29 is 4.74 Å². The summed E-state index contributed by atoms with van der Waals surface area (Å²) in [6.45, 7) is 0.267. The van der Waals surface area contributed by atoms with E-state index in [1.807, 2.05) is 0 Å². The summed E-state index contributed by atoms with van der Waals surface area (Å²) in [5.74, 6) is 0.323. The second-order valence-corrected chi connectivity index (χ2v) is 4.56. The van der Waals surface area contributed by atoms with E-state index in [-0.39, 0.29) is 6.61 Å². The van der Waals surface area contributed by atoms with E-state index >= 15 is 0 Å². The Hall–Kier alpha value is 1.41. The molecule has 0 spiro atoms. The van der Waals surface area contributed by atoms with Crippen LogP contribution in [0.1, 0.15) is 0 Å². The van der Waals surface area contributed by atoms with Crippen LogP contribution in [0.2, 0.25) is 0 Å². The number of hydrogen-bond donors (Lipinski definition) is 0. The standard InChI is InChI=1S/C4H5Cl5O/c5-1-2-10-3(6)4(7,8)9/h3H,1-2H2. The molecule has 0 amide bonds. The predicted molar refractivity (Wildman–Crippen MR) is 46.6 cm³/mol. The summed E-state index contributed by atoms with van der Waals surface area (Å²) >= 11 is 26.8. The molecule has 0 saturated heterocycles. The highest BCUT2D eigenvalue weighted by Crippen LogP contribution is 2.34. The molecule has 1 atom stereocenters. The summed E-state index contributed by atoms with van der Waals surface area (Å²) in [6, 6.07) is 0. The molecule has 0 fully saturated rings. The van der Waals surface area contributed by atoms with Crippen LogP contribution in [0.4, 0.5) is 0 Å². The Kier molecular flexibility index (Phi) is 5.85. The molecule has 10 heavy (non-hydrogen) atoms. The van der Waals surface area contributed by atoms with Gasteiger partial charge in [0.2, 0.25) is 3.79 Å². The zero-order valence-electron chi connectivity index (χ0n) is 4.79. The number of alkyl halides is 5. The molecule has 0 bridgehead atoms. The van der Waals surface area contributed by atoms with Crippen molar-refractivity contribution >= 4 is 58.0 Å². The van der Waals surface area contributed by atoms with E-state index in [9.17, 15) is 0 Å². The summed E-state index contributed by atoms with van der Waals surface area (Å²) in [7, 11) is 0. The van der Waals surface area contributed by atoms with Crippen molar-refractivity contribution in [2.45, 2.75) is 9.36 Å². The van der Waals surface area contributed by atoms with E-state index in [1.165, 1.54) is 0 Å². The maximum atomic E-state index is 5.46. The van der Waals surface area contributed by atoms with Gasteiger partial charge in [-0.25, -0.2) is 0 Å². The van der Waals surface area contributed by atoms with Crippen LogP contribution in [0.15, 0.2) is 0 Å². The van der Waals surface area contributed by atoms with Crippen LogP contribution >= 0.6 is 58.0 Å². The summed E-state index contributed by atoms with van der Waals surface area (Å²) in [5, 5.41) is 0. The van der Waals surface area contributed by atoms with Gasteiger partial charge in [-0.3, -0.25) is 0 Å². The van der Waals surface area contributed by atoms with Gasteiger partial charge in [0.15, 0.2) is 5.56 Å². The molecule has 1 nitrogen and oxygen atoms in total. The van der Waals surface area contributed by atoms with E-state index in [2.05, 4.69) is 0 Å². The monoisotopic (exact) mass is 244 g/mol. The Morgan fingerprint density at radius 3 is 2.10 bits per heavy atom. The second kappa shape index (κ2) is 5.13. The van der Waals surface area contributed by atoms with Crippen molar-refractivity contribution in [2.75, 3.05) is 12.5 Å². The summed E-state index contributed by atoms with van der Waals surface area (Å²) < 4.78 is 3.20. The SMILES string of the molecule is ClCCOC(Cl)C(Cl)(Cl)Cl. The Bertz CT molecular complexity index is 90.1. The number of halogens is 5. The third kappa shape index (κ3) is 5.11. The molecule has 0 aliphatic heterocycles. The minimum atomic E-state index is -1.59. The fourth-order valence-electron chi connectivity index (χ4n) is 0.243. The van der Waals surface area contributed by atoms with Crippen LogP contribution in [-0.2, 0) is 4.74 Å². The van der Waals surface area contributed by atoms with Gasteiger partial charge in [0, 0.05) is 5.88 Å². The third-order valence-electron chi connectivity index (χ3n) is 0.599. The predicted octanol–water partition coefficient (Wildman–Crippen LogP) is 3.18. The molecule has 0 heterocycles. The Balaban J connectivity index is 3.52. The molecule has 0 aliphatic carbocycles. The van der Waals surface area contributed by atoms with Crippen LogP contribution in [0.5, 0.6) is 0 Å². The molecule has 0 radical (unpaired) electrons. The van der Waals surface area contributed by atoms with Gasteiger partial charge < -0.3 is 4.74 Å². The van der Waals surface area contributed by atoms with Crippen LogP contribution in [0.25, 0.3) is 0 Å². The maximum Gasteiger partial charge on any atom is 0.230 e. The summed E-state index contributed by atoms with van der Waals surface area (Å²) in [5.41, 5.74) is -0.948. The van der Waals surface area contributed by atoms with Gasteiger partial charge in [-0.1, -0.05) is 46.4 Å². The summed E-state index contributed by atoms with van der Waals surface area (Å²) in [6.07, 6.45) is 0. The third-order valence-corrected chi connectivity index (χ3v) is 2.14. The van der Waals surface area contributed by atoms with Crippen LogP contribution in [0, 0.1) is 0 Å². The molecular formula is C4H5Cl5O. The first-order chi connectivity index (χ1) is 4.48. The van der Waals surface area contributed by atoms with Gasteiger partial charge in [0.25, 0.3) is 0 Å². The fourth-order valence-corrected chi connectivity index (χ4v) is 0.610. The highest BCUT2D eigenvalue weighted by Gasteiger charge is 2.31. The molecule has 1 unspecified atom stereocenters. The normalized spacial score (nSPS) is 15.3. The number of ether oxygens (including phenoxy) is 1. The van der Waals surface area contributed by atoms with E-state index in [0.717, 1.165) is 0 Å². The molecule has 6 heteroatoms. The number of hydrogen-bond acceptors (Lipinski definition) is 1. The van der Waals surface area contributed by atoms with E-state index < -0.39 is 9.36 Å². The molecule has 0 aromatic heterocycles. The first kappa shape index (κ1) is 11.4. The molecule has 62 valence electrons. The largest absolute Gasteiger partial charge is 0.357 e. The van der Waals surface area contributed by atoms with Crippen molar-refractivity contribution in [3.63, 3.8) is 0 Å². The quantitative estimate of drug-likeness (QED) is 0.695. The van der Waals surface area contributed by atoms with Gasteiger partial charge >= 0.3 is 0 Å². The Morgan fingerprint density at radius 2 is 1.80 bits per heavy atom. The van der Waals surface area contributed by atoms with Gasteiger partial charge in [-0.2, -0.15) is 0 Å². The zero-order chi connectivity index (χ0) is 8.20. The lowest BCUT2D eigenvalue weighted by Crippen LogP contribution is -2.23. The van der Waals surface area contributed by atoms with Crippen molar-refractivity contribution in [1.82, 2.24) is 0 Å². The van der Waals surface area contributed by atoms with Gasteiger partial charge in [0.1, 0.15) is 0 Å². The lowest BCUT2D eigenvalue weighted by Gasteiger charge is -2.17. The first-order valence-electron chi connectivity index (χ1n) is 2.37. The van der Waals surface area contributed by atoms with Crippen molar-refractivity contribution in [3.8, 4) is 0 Å². The summed E-state index contributed by atoms with van der Waals surface area (Å²) in [4.78, 5) is 0. The van der Waals surface area contributed by atoms with Crippen LogP contribution in [-0.4, -0.2) is 21.8 Å². The van der Waals surface area contributed by atoms with E-state index in [0.29, 0.717) is 5.88 Å². The Labute approximate surface area is 84.5 Å².